The summed E-state index contributed by atoms with van der Waals surface area (Å²) in [6.45, 7) is 5.43. The van der Waals surface area contributed by atoms with Crippen LogP contribution in [0.15, 0.2) is 0 Å². The number of carbonyl (C=O) groups is 1. The zero-order chi connectivity index (χ0) is 9.56. The molecule has 0 amide bonds. The van der Waals surface area contributed by atoms with Gasteiger partial charge in [-0.2, -0.15) is 0 Å². The molecule has 0 aliphatic heterocycles. The second kappa shape index (κ2) is 6.00. The summed E-state index contributed by atoms with van der Waals surface area (Å²) in [7, 11) is 0. The van der Waals surface area contributed by atoms with E-state index in [2.05, 4.69) is 0 Å². The first-order chi connectivity index (χ1) is 5.61. The van der Waals surface area contributed by atoms with Gasteiger partial charge in [0.05, 0.1) is 0 Å². The maximum atomic E-state index is 10.9. The van der Waals surface area contributed by atoms with Gasteiger partial charge < -0.3 is 9.84 Å². The smallest absolute Gasteiger partial charge is 0.334 e. The van der Waals surface area contributed by atoms with Crippen LogP contribution in [-0.2, 0) is 9.53 Å². The highest BCUT2D eigenvalue weighted by atomic mass is 16.6. The number of aliphatic hydroxyl groups is 1. The summed E-state index contributed by atoms with van der Waals surface area (Å²) < 4.78 is 5.01. The first-order valence-corrected chi connectivity index (χ1v) is 4.50. The van der Waals surface area contributed by atoms with Crippen molar-refractivity contribution in [3.05, 3.63) is 0 Å². The van der Waals surface area contributed by atoms with Gasteiger partial charge in [0.1, 0.15) is 12.2 Å². The van der Waals surface area contributed by atoms with E-state index in [9.17, 15) is 4.79 Å². The minimum Gasteiger partial charge on any atom is -0.460 e. The first kappa shape index (κ1) is 11.4. The summed E-state index contributed by atoms with van der Waals surface area (Å²) >= 11 is 0. The minimum absolute atomic E-state index is 0.0305. The highest BCUT2D eigenvalue weighted by Gasteiger charge is 2.15. The molecule has 1 N–H and O–H groups in total. The maximum absolute atomic E-state index is 10.9. The molecule has 0 aromatic heterocycles. The molecule has 0 spiro atoms. The molecule has 0 rings (SSSR count). The molecule has 2 atom stereocenters. The molecule has 0 saturated heterocycles. The quantitative estimate of drug-likeness (QED) is 0.642. The summed E-state index contributed by atoms with van der Waals surface area (Å²) in [5.74, 6) is -0.518. The fourth-order valence-corrected chi connectivity index (χ4v) is 0.931. The van der Waals surface area contributed by atoms with E-state index >= 15 is 0 Å². The highest BCUT2D eigenvalue weighted by Crippen LogP contribution is 2.07. The molecule has 0 aliphatic rings. The van der Waals surface area contributed by atoms with E-state index in [1.54, 1.807) is 0 Å². The van der Waals surface area contributed by atoms with Crippen molar-refractivity contribution in [2.75, 3.05) is 0 Å². The van der Waals surface area contributed by atoms with Crippen molar-refractivity contribution in [1.82, 2.24) is 0 Å². The molecule has 0 heterocycles. The lowest BCUT2D eigenvalue weighted by Gasteiger charge is -2.15. The molecule has 2 unspecified atom stereocenters. The van der Waals surface area contributed by atoms with Crippen LogP contribution in [0.3, 0.4) is 0 Å². The first-order valence-electron chi connectivity index (χ1n) is 4.50. The van der Waals surface area contributed by atoms with Crippen LogP contribution in [0.25, 0.3) is 0 Å². The molecule has 72 valence electrons. The average molecular weight is 174 g/mol. The lowest BCUT2D eigenvalue weighted by atomic mass is 10.1. The third-order valence-corrected chi connectivity index (χ3v) is 1.69. The number of esters is 1. The summed E-state index contributed by atoms with van der Waals surface area (Å²) in [6.07, 6.45) is 1.64. The van der Waals surface area contributed by atoms with Crippen LogP contribution < -0.4 is 0 Å². The van der Waals surface area contributed by atoms with Crippen LogP contribution in [-0.4, -0.2) is 23.3 Å². The van der Waals surface area contributed by atoms with Gasteiger partial charge in [-0.15, -0.1) is 0 Å². The van der Waals surface area contributed by atoms with E-state index in [0.29, 0.717) is 0 Å². The molecular weight excluding hydrogens is 156 g/mol. The maximum Gasteiger partial charge on any atom is 0.334 e. The topological polar surface area (TPSA) is 46.5 Å². The molecule has 0 aromatic carbocycles. The molecule has 0 bridgehead atoms. The Morgan fingerprint density at radius 3 is 2.42 bits per heavy atom. The van der Waals surface area contributed by atoms with E-state index in [1.165, 1.54) is 6.92 Å². The Balaban J connectivity index is 3.77. The Morgan fingerprint density at radius 1 is 1.50 bits per heavy atom. The van der Waals surface area contributed by atoms with Crippen molar-refractivity contribution in [1.29, 1.82) is 0 Å². The van der Waals surface area contributed by atoms with Crippen molar-refractivity contribution in [2.24, 2.45) is 0 Å². The van der Waals surface area contributed by atoms with Gasteiger partial charge >= 0.3 is 5.97 Å². The van der Waals surface area contributed by atoms with Gasteiger partial charge in [-0.25, -0.2) is 4.79 Å². The number of aliphatic hydroxyl groups excluding tert-OH is 1. The molecule has 0 radical (unpaired) electrons. The standard InChI is InChI=1S/C9H18O3/c1-4-6-8(5-2)12-9(11)7(3)10/h7-8,10H,4-6H2,1-3H3. The van der Waals surface area contributed by atoms with Crippen molar-refractivity contribution in [3.8, 4) is 0 Å². The van der Waals surface area contributed by atoms with Crippen LogP contribution in [0.2, 0.25) is 0 Å². The number of rotatable bonds is 5. The lowest BCUT2D eigenvalue weighted by molar-refractivity contribution is -0.158. The summed E-state index contributed by atoms with van der Waals surface area (Å²) in [6, 6.07) is 0. The van der Waals surface area contributed by atoms with Gasteiger partial charge in [-0.1, -0.05) is 20.3 Å². The third kappa shape index (κ3) is 4.34. The van der Waals surface area contributed by atoms with Crippen LogP contribution in [0.4, 0.5) is 0 Å². The van der Waals surface area contributed by atoms with Crippen molar-refractivity contribution in [3.63, 3.8) is 0 Å². The molecule has 3 heteroatoms. The van der Waals surface area contributed by atoms with E-state index in [1.807, 2.05) is 13.8 Å². The Hall–Kier alpha value is -0.570. The van der Waals surface area contributed by atoms with E-state index in [-0.39, 0.29) is 6.10 Å². The van der Waals surface area contributed by atoms with Gasteiger partial charge in [-0.05, 0) is 19.8 Å². The predicted molar refractivity (Wildman–Crippen MR) is 46.8 cm³/mol. The molecule has 12 heavy (non-hydrogen) atoms. The molecule has 0 aliphatic carbocycles. The second-order valence-corrected chi connectivity index (χ2v) is 2.93. The van der Waals surface area contributed by atoms with Crippen molar-refractivity contribution >= 4 is 5.97 Å². The van der Waals surface area contributed by atoms with Crippen LogP contribution in [0.5, 0.6) is 0 Å². The number of hydrogen-bond donors (Lipinski definition) is 1. The molecule has 0 aromatic rings. The molecule has 0 fully saturated rings. The van der Waals surface area contributed by atoms with Gasteiger partial charge in [0.25, 0.3) is 0 Å². The van der Waals surface area contributed by atoms with Gasteiger partial charge in [-0.3, -0.25) is 0 Å². The van der Waals surface area contributed by atoms with Crippen LogP contribution in [0.1, 0.15) is 40.0 Å². The normalized spacial score (nSPS) is 15.3. The van der Waals surface area contributed by atoms with Gasteiger partial charge in [0.15, 0.2) is 0 Å². The predicted octanol–water partition coefficient (Wildman–Crippen LogP) is 1.49. The highest BCUT2D eigenvalue weighted by molar-refractivity contribution is 5.73. The van der Waals surface area contributed by atoms with Crippen LogP contribution in [0, 0.1) is 0 Å². The second-order valence-electron chi connectivity index (χ2n) is 2.93. The Labute approximate surface area is 73.7 Å². The van der Waals surface area contributed by atoms with E-state index in [0.717, 1.165) is 19.3 Å². The van der Waals surface area contributed by atoms with E-state index < -0.39 is 12.1 Å². The van der Waals surface area contributed by atoms with Gasteiger partial charge in [0, 0.05) is 0 Å². The summed E-state index contributed by atoms with van der Waals surface area (Å²) in [4.78, 5) is 10.9. The van der Waals surface area contributed by atoms with Gasteiger partial charge in [0.2, 0.25) is 0 Å². The van der Waals surface area contributed by atoms with Crippen molar-refractivity contribution < 1.29 is 14.6 Å². The monoisotopic (exact) mass is 174 g/mol. The average Bonchev–Trinajstić information content (AvgIpc) is 2.03. The summed E-state index contributed by atoms with van der Waals surface area (Å²) in [5.41, 5.74) is 0. The number of ether oxygens (including phenoxy) is 1. The third-order valence-electron chi connectivity index (χ3n) is 1.69. The zero-order valence-corrected chi connectivity index (χ0v) is 8.04. The zero-order valence-electron chi connectivity index (χ0n) is 8.04. The van der Waals surface area contributed by atoms with E-state index in [4.69, 9.17) is 9.84 Å². The largest absolute Gasteiger partial charge is 0.460 e. The SMILES string of the molecule is CCCC(CC)OC(=O)C(C)O. The Morgan fingerprint density at radius 2 is 2.08 bits per heavy atom. The Kier molecular flexibility index (Phi) is 5.72. The fourth-order valence-electron chi connectivity index (χ4n) is 0.931. The van der Waals surface area contributed by atoms with Crippen LogP contribution >= 0.6 is 0 Å². The number of carbonyl (C=O) groups excluding carboxylic acids is 1. The fraction of sp³-hybridized carbons (Fsp3) is 0.889. The lowest BCUT2D eigenvalue weighted by Crippen LogP contribution is -2.25. The number of hydrogen-bond acceptors (Lipinski definition) is 3. The Bertz CT molecular complexity index is 132. The molecule has 3 nitrogen and oxygen atoms in total. The molecule has 0 saturated carbocycles. The molecular formula is C9H18O3. The minimum atomic E-state index is -1.00. The summed E-state index contributed by atoms with van der Waals surface area (Å²) in [5, 5.41) is 8.86. The van der Waals surface area contributed by atoms with Crippen molar-refractivity contribution in [2.45, 2.75) is 52.2 Å².